The van der Waals surface area contributed by atoms with Gasteiger partial charge in [-0.25, -0.2) is 9.97 Å². The number of benzene rings is 1. The predicted molar refractivity (Wildman–Crippen MR) is 150 cm³/mol. The average Bonchev–Trinajstić information content (AvgIpc) is 3.46. The molecule has 202 valence electrons. The number of hydrogen-bond donors (Lipinski definition) is 1. The van der Waals surface area contributed by atoms with Gasteiger partial charge >= 0.3 is 0 Å². The number of hydrogen-bond acceptors (Lipinski definition) is 8. The molecule has 9 heteroatoms. The van der Waals surface area contributed by atoms with Gasteiger partial charge in [0.2, 0.25) is 0 Å². The van der Waals surface area contributed by atoms with Gasteiger partial charge in [0, 0.05) is 37.3 Å². The summed E-state index contributed by atoms with van der Waals surface area (Å²) in [4.78, 5) is 14.8. The smallest absolute Gasteiger partial charge is 0.163 e. The highest BCUT2D eigenvalue weighted by molar-refractivity contribution is 6.33. The molecule has 0 saturated carbocycles. The highest BCUT2D eigenvalue weighted by atomic mass is 35.5. The zero-order valence-corrected chi connectivity index (χ0v) is 23.6. The van der Waals surface area contributed by atoms with Crippen LogP contribution >= 0.6 is 11.6 Å². The van der Waals surface area contributed by atoms with Crippen molar-refractivity contribution in [3.63, 3.8) is 0 Å². The molecule has 0 aliphatic carbocycles. The number of aromatic nitrogens is 3. The van der Waals surface area contributed by atoms with Gasteiger partial charge in [-0.15, -0.1) is 0 Å². The lowest BCUT2D eigenvalue weighted by Gasteiger charge is -2.23. The number of halogens is 1. The summed E-state index contributed by atoms with van der Waals surface area (Å²) in [7, 11) is 2.17. The Morgan fingerprint density at radius 2 is 1.92 bits per heavy atom. The van der Waals surface area contributed by atoms with Gasteiger partial charge in [-0.3, -0.25) is 0 Å². The van der Waals surface area contributed by atoms with Gasteiger partial charge in [0.25, 0.3) is 0 Å². The molecular weight excluding hydrogens is 502 g/mol. The number of aliphatic hydroxyl groups is 1. The molecule has 38 heavy (non-hydrogen) atoms. The van der Waals surface area contributed by atoms with E-state index in [2.05, 4.69) is 28.9 Å². The Hall–Kier alpha value is -2.94. The van der Waals surface area contributed by atoms with Crippen molar-refractivity contribution < 1.29 is 14.4 Å². The largest absolute Gasteiger partial charge is 0.491 e. The zero-order valence-electron chi connectivity index (χ0n) is 22.8. The van der Waals surface area contributed by atoms with E-state index in [0.717, 1.165) is 73.1 Å². The Kier molecular flexibility index (Phi) is 7.75. The van der Waals surface area contributed by atoms with E-state index in [1.165, 1.54) is 11.1 Å². The van der Waals surface area contributed by atoms with Crippen LogP contribution in [0.4, 0.5) is 5.82 Å². The van der Waals surface area contributed by atoms with E-state index in [9.17, 15) is 5.11 Å². The standard InChI is InChI=1S/C29H36ClN5O3/c1-6-7-22(36)16-37-23-8-9-25(30)24(12-23)28-31-27(26-18(3)33-38-19(26)4)17(2)29(32-28)35-14-20-10-11-34(5)13-21(20)15-35/h8-9,12,22,36H,6-7,10-11,13-16H2,1-5H3/t22-/m1/s1. The van der Waals surface area contributed by atoms with E-state index in [1.54, 1.807) is 6.07 Å². The molecule has 5 rings (SSSR count). The van der Waals surface area contributed by atoms with Crippen molar-refractivity contribution in [2.75, 3.05) is 44.7 Å². The molecule has 0 fully saturated rings. The Labute approximate surface area is 229 Å². The first kappa shape index (κ1) is 26.7. The molecule has 0 unspecified atom stereocenters. The van der Waals surface area contributed by atoms with Crippen molar-refractivity contribution in [2.24, 2.45) is 0 Å². The van der Waals surface area contributed by atoms with Crippen molar-refractivity contribution in [3.05, 3.63) is 51.4 Å². The summed E-state index contributed by atoms with van der Waals surface area (Å²) >= 11 is 6.71. The Bertz CT molecular complexity index is 1350. The van der Waals surface area contributed by atoms with Crippen LogP contribution < -0.4 is 9.64 Å². The molecule has 1 N–H and O–H groups in total. The van der Waals surface area contributed by atoms with E-state index >= 15 is 0 Å². The van der Waals surface area contributed by atoms with Crippen molar-refractivity contribution in [2.45, 2.75) is 53.1 Å². The van der Waals surface area contributed by atoms with Crippen LogP contribution in [0.1, 0.15) is 43.2 Å². The fourth-order valence-electron chi connectivity index (χ4n) is 5.41. The first-order valence-corrected chi connectivity index (χ1v) is 13.7. The molecule has 1 aromatic carbocycles. The number of anilines is 1. The van der Waals surface area contributed by atoms with E-state index in [-0.39, 0.29) is 6.61 Å². The van der Waals surface area contributed by atoms with Gasteiger partial charge in [-0.2, -0.15) is 0 Å². The molecule has 4 heterocycles. The number of ether oxygens (including phenoxy) is 1. The SMILES string of the molecule is CCC[C@@H](O)COc1ccc(Cl)c(-c2nc(-c3c(C)noc3C)c(C)c(N3CC4=C(CN(C)CC4)C3)n2)c1. The minimum Gasteiger partial charge on any atom is -0.491 e. The van der Waals surface area contributed by atoms with Crippen LogP contribution in [0, 0.1) is 20.8 Å². The zero-order chi connectivity index (χ0) is 27.0. The molecule has 0 radical (unpaired) electrons. The van der Waals surface area contributed by atoms with Gasteiger partial charge in [-0.1, -0.05) is 30.1 Å². The maximum Gasteiger partial charge on any atom is 0.163 e. The highest BCUT2D eigenvalue weighted by Gasteiger charge is 2.30. The maximum absolute atomic E-state index is 10.1. The molecule has 0 saturated heterocycles. The van der Waals surface area contributed by atoms with E-state index in [0.29, 0.717) is 28.6 Å². The molecule has 0 bridgehead atoms. The maximum atomic E-state index is 10.1. The Morgan fingerprint density at radius 3 is 2.66 bits per heavy atom. The fraction of sp³-hybridized carbons (Fsp3) is 0.483. The van der Waals surface area contributed by atoms with E-state index in [1.807, 2.05) is 32.9 Å². The lowest BCUT2D eigenvalue weighted by Crippen LogP contribution is -2.28. The quantitative estimate of drug-likeness (QED) is 0.384. The topological polar surface area (TPSA) is 87.7 Å². The van der Waals surface area contributed by atoms with Gasteiger partial charge < -0.3 is 24.2 Å². The number of likely N-dealkylation sites (N-methyl/N-ethyl adjacent to an activating group) is 1. The van der Waals surface area contributed by atoms with Gasteiger partial charge in [0.15, 0.2) is 5.82 Å². The Morgan fingerprint density at radius 1 is 1.13 bits per heavy atom. The summed E-state index contributed by atoms with van der Waals surface area (Å²) in [6.07, 6.45) is 2.16. The fourth-order valence-corrected chi connectivity index (χ4v) is 5.61. The molecule has 8 nitrogen and oxygen atoms in total. The number of aliphatic hydroxyl groups excluding tert-OH is 1. The van der Waals surface area contributed by atoms with Crippen LogP contribution in [-0.4, -0.2) is 71.1 Å². The summed E-state index contributed by atoms with van der Waals surface area (Å²) in [5.41, 5.74) is 7.13. The summed E-state index contributed by atoms with van der Waals surface area (Å²) in [6.45, 7) is 12.0. The summed E-state index contributed by atoms with van der Waals surface area (Å²) < 4.78 is 11.4. The molecular formula is C29H36ClN5O3. The lowest BCUT2D eigenvalue weighted by molar-refractivity contribution is 0.0994. The minimum absolute atomic E-state index is 0.221. The van der Waals surface area contributed by atoms with E-state index in [4.69, 9.17) is 30.8 Å². The van der Waals surface area contributed by atoms with Crippen molar-refractivity contribution in [1.29, 1.82) is 0 Å². The van der Waals surface area contributed by atoms with Crippen LogP contribution in [0.25, 0.3) is 22.6 Å². The first-order valence-electron chi connectivity index (χ1n) is 13.3. The Balaban J connectivity index is 1.57. The monoisotopic (exact) mass is 537 g/mol. The third-order valence-electron chi connectivity index (χ3n) is 7.45. The van der Waals surface area contributed by atoms with E-state index < -0.39 is 6.10 Å². The second-order valence-electron chi connectivity index (χ2n) is 10.5. The highest BCUT2D eigenvalue weighted by Crippen LogP contribution is 2.39. The number of rotatable bonds is 8. The molecule has 0 spiro atoms. The summed E-state index contributed by atoms with van der Waals surface area (Å²) in [5, 5.41) is 14.9. The number of nitrogens with zero attached hydrogens (tertiary/aromatic N) is 5. The van der Waals surface area contributed by atoms with Crippen molar-refractivity contribution >= 4 is 17.4 Å². The molecule has 3 aromatic rings. The second-order valence-corrected chi connectivity index (χ2v) is 10.9. The van der Waals surface area contributed by atoms with Crippen LogP contribution in [0.3, 0.4) is 0 Å². The molecule has 1 atom stereocenters. The number of aryl methyl sites for hydroxylation is 2. The molecule has 2 aliphatic heterocycles. The first-order chi connectivity index (χ1) is 18.2. The van der Waals surface area contributed by atoms with Crippen LogP contribution in [0.15, 0.2) is 33.9 Å². The van der Waals surface area contributed by atoms with Gasteiger partial charge in [0.1, 0.15) is 23.9 Å². The normalized spacial score (nSPS) is 16.8. The average molecular weight is 538 g/mol. The molecule has 0 amide bonds. The van der Waals surface area contributed by atoms with Gasteiger partial charge in [-0.05, 0) is 70.0 Å². The van der Waals surface area contributed by atoms with Crippen molar-refractivity contribution in [3.8, 4) is 28.4 Å². The third kappa shape index (κ3) is 5.30. The summed E-state index contributed by atoms with van der Waals surface area (Å²) in [6, 6.07) is 5.46. The molecule has 2 aromatic heterocycles. The lowest BCUT2D eigenvalue weighted by atomic mass is 10.0. The second kappa shape index (κ2) is 11.0. The van der Waals surface area contributed by atoms with Gasteiger partial charge in [0.05, 0.1) is 28.1 Å². The van der Waals surface area contributed by atoms with Crippen LogP contribution in [0.2, 0.25) is 5.02 Å². The van der Waals surface area contributed by atoms with Crippen LogP contribution in [0.5, 0.6) is 5.75 Å². The predicted octanol–water partition coefficient (Wildman–Crippen LogP) is 5.37. The summed E-state index contributed by atoms with van der Waals surface area (Å²) in [5.74, 6) is 2.75. The minimum atomic E-state index is -0.514. The third-order valence-corrected chi connectivity index (χ3v) is 7.78. The van der Waals surface area contributed by atoms with Crippen LogP contribution in [-0.2, 0) is 0 Å². The van der Waals surface area contributed by atoms with Crippen molar-refractivity contribution in [1.82, 2.24) is 20.0 Å². The molecule has 2 aliphatic rings.